The summed E-state index contributed by atoms with van der Waals surface area (Å²) in [5.74, 6) is -0.176. The largest absolute Gasteiger partial charge is 0.397 e. The predicted octanol–water partition coefficient (Wildman–Crippen LogP) is 3.66. The molecule has 0 saturated heterocycles. The third-order valence-corrected chi connectivity index (χ3v) is 3.53. The van der Waals surface area contributed by atoms with Crippen LogP contribution in [0.4, 0.5) is 17.1 Å². The molecule has 0 unspecified atom stereocenters. The molecule has 0 saturated carbocycles. The van der Waals surface area contributed by atoms with Gasteiger partial charge in [-0.15, -0.1) is 0 Å². The first-order valence-electron chi connectivity index (χ1n) is 6.52. The normalized spacial score (nSPS) is 10.3. The summed E-state index contributed by atoms with van der Waals surface area (Å²) in [6, 6.07) is 11.1. The summed E-state index contributed by atoms with van der Waals surface area (Å²) in [4.78, 5) is 14.2. The lowest BCUT2D eigenvalue weighted by Gasteiger charge is -2.16. The Balaban J connectivity index is 2.22. The SMILES string of the molecule is Cc1cc(Br)cc(NC(=O)c2ccc(N(C)C)c(N)c2)c1. The number of benzene rings is 2. The maximum atomic E-state index is 12.3. The molecule has 4 nitrogen and oxygen atoms in total. The minimum Gasteiger partial charge on any atom is -0.397 e. The number of carbonyl (C=O) groups is 1. The molecule has 2 aromatic rings. The molecular weight excluding hydrogens is 330 g/mol. The molecule has 0 aliphatic rings. The molecule has 0 bridgehead atoms. The van der Waals surface area contributed by atoms with Gasteiger partial charge in [0, 0.05) is 29.8 Å². The zero-order chi connectivity index (χ0) is 15.6. The van der Waals surface area contributed by atoms with E-state index >= 15 is 0 Å². The van der Waals surface area contributed by atoms with Gasteiger partial charge in [-0.3, -0.25) is 4.79 Å². The molecule has 0 aromatic heterocycles. The van der Waals surface area contributed by atoms with E-state index in [9.17, 15) is 4.79 Å². The standard InChI is InChI=1S/C16H18BrN3O/c1-10-6-12(17)9-13(7-10)19-16(21)11-4-5-15(20(2)3)14(18)8-11/h4-9H,18H2,1-3H3,(H,19,21). The van der Waals surface area contributed by atoms with E-state index < -0.39 is 0 Å². The van der Waals surface area contributed by atoms with E-state index in [2.05, 4.69) is 21.2 Å². The number of hydrogen-bond acceptors (Lipinski definition) is 3. The Kier molecular flexibility index (Phi) is 4.53. The highest BCUT2D eigenvalue weighted by molar-refractivity contribution is 9.10. The van der Waals surface area contributed by atoms with Gasteiger partial charge in [0.2, 0.25) is 0 Å². The van der Waals surface area contributed by atoms with Gasteiger partial charge in [-0.25, -0.2) is 0 Å². The van der Waals surface area contributed by atoms with Crippen LogP contribution < -0.4 is 16.0 Å². The van der Waals surface area contributed by atoms with E-state index in [0.717, 1.165) is 21.4 Å². The lowest BCUT2D eigenvalue weighted by atomic mass is 10.1. The van der Waals surface area contributed by atoms with E-state index in [0.29, 0.717) is 11.3 Å². The number of halogens is 1. The number of rotatable bonds is 3. The van der Waals surface area contributed by atoms with Crippen LogP contribution in [0, 0.1) is 6.92 Å². The topological polar surface area (TPSA) is 58.4 Å². The first-order valence-corrected chi connectivity index (χ1v) is 7.31. The minimum absolute atomic E-state index is 0.176. The maximum absolute atomic E-state index is 12.3. The molecule has 5 heteroatoms. The van der Waals surface area contributed by atoms with Crippen molar-refractivity contribution in [1.29, 1.82) is 0 Å². The van der Waals surface area contributed by atoms with Crippen molar-refractivity contribution in [3.05, 3.63) is 52.0 Å². The second kappa shape index (κ2) is 6.18. The van der Waals surface area contributed by atoms with E-state index in [1.165, 1.54) is 0 Å². The molecule has 0 fully saturated rings. The zero-order valence-electron chi connectivity index (χ0n) is 12.3. The number of hydrogen-bond donors (Lipinski definition) is 2. The molecule has 0 heterocycles. The second-order valence-corrected chi connectivity index (χ2v) is 6.06. The summed E-state index contributed by atoms with van der Waals surface area (Å²) in [5.41, 5.74) is 9.81. The minimum atomic E-state index is -0.176. The van der Waals surface area contributed by atoms with Crippen molar-refractivity contribution in [3.63, 3.8) is 0 Å². The maximum Gasteiger partial charge on any atom is 0.255 e. The molecule has 2 rings (SSSR count). The third kappa shape index (κ3) is 3.76. The Morgan fingerprint density at radius 1 is 1.19 bits per heavy atom. The number of aryl methyl sites for hydroxylation is 1. The van der Waals surface area contributed by atoms with E-state index in [1.54, 1.807) is 12.1 Å². The molecule has 0 spiro atoms. The van der Waals surface area contributed by atoms with Gasteiger partial charge in [0.1, 0.15) is 0 Å². The van der Waals surface area contributed by atoms with Crippen LogP contribution in [0.2, 0.25) is 0 Å². The predicted molar refractivity (Wildman–Crippen MR) is 92.0 cm³/mol. The van der Waals surface area contributed by atoms with Crippen LogP contribution >= 0.6 is 15.9 Å². The first-order chi connectivity index (χ1) is 9.86. The van der Waals surface area contributed by atoms with Gasteiger partial charge in [0.15, 0.2) is 0 Å². The van der Waals surface area contributed by atoms with Crippen LogP contribution in [0.15, 0.2) is 40.9 Å². The molecule has 3 N–H and O–H groups in total. The molecule has 0 radical (unpaired) electrons. The number of nitrogens with two attached hydrogens (primary N) is 1. The molecule has 1 amide bonds. The van der Waals surface area contributed by atoms with Crippen LogP contribution in [0.3, 0.4) is 0 Å². The summed E-state index contributed by atoms with van der Waals surface area (Å²) in [5, 5.41) is 2.88. The lowest BCUT2D eigenvalue weighted by molar-refractivity contribution is 0.102. The highest BCUT2D eigenvalue weighted by atomic mass is 79.9. The second-order valence-electron chi connectivity index (χ2n) is 5.14. The first kappa shape index (κ1) is 15.4. The van der Waals surface area contributed by atoms with Crippen molar-refractivity contribution >= 4 is 38.9 Å². The van der Waals surface area contributed by atoms with Crippen LogP contribution in [-0.4, -0.2) is 20.0 Å². The summed E-state index contributed by atoms with van der Waals surface area (Å²) in [6.45, 7) is 1.98. The number of carbonyl (C=O) groups excluding carboxylic acids is 1. The lowest BCUT2D eigenvalue weighted by Crippen LogP contribution is -2.15. The zero-order valence-corrected chi connectivity index (χ0v) is 13.9. The van der Waals surface area contributed by atoms with Crippen molar-refractivity contribution in [2.75, 3.05) is 30.0 Å². The monoisotopic (exact) mass is 347 g/mol. The number of anilines is 3. The molecule has 21 heavy (non-hydrogen) atoms. The molecule has 0 aliphatic heterocycles. The van der Waals surface area contributed by atoms with Gasteiger partial charge in [0.25, 0.3) is 5.91 Å². The quantitative estimate of drug-likeness (QED) is 0.833. The number of nitrogens with one attached hydrogen (secondary N) is 1. The molecule has 0 atom stereocenters. The number of nitrogens with zero attached hydrogens (tertiary/aromatic N) is 1. The molecule has 0 aliphatic carbocycles. The fourth-order valence-corrected chi connectivity index (χ4v) is 2.72. The Labute approximate surface area is 133 Å². The van der Waals surface area contributed by atoms with Gasteiger partial charge in [-0.05, 0) is 48.9 Å². The Morgan fingerprint density at radius 3 is 2.48 bits per heavy atom. The van der Waals surface area contributed by atoms with E-state index in [1.807, 2.05) is 50.2 Å². The van der Waals surface area contributed by atoms with E-state index in [-0.39, 0.29) is 5.91 Å². The molecule has 110 valence electrons. The summed E-state index contributed by atoms with van der Waals surface area (Å²) < 4.78 is 0.931. The van der Waals surface area contributed by atoms with Crippen LogP contribution in [0.1, 0.15) is 15.9 Å². The van der Waals surface area contributed by atoms with Gasteiger partial charge >= 0.3 is 0 Å². The fraction of sp³-hybridized carbons (Fsp3) is 0.188. The summed E-state index contributed by atoms with van der Waals surface area (Å²) in [7, 11) is 3.82. The Morgan fingerprint density at radius 2 is 1.90 bits per heavy atom. The van der Waals surface area contributed by atoms with Crippen molar-refractivity contribution < 1.29 is 4.79 Å². The van der Waals surface area contributed by atoms with Gasteiger partial charge < -0.3 is 16.0 Å². The Hall–Kier alpha value is -2.01. The molecular formula is C16H18BrN3O. The van der Waals surface area contributed by atoms with Crippen molar-refractivity contribution in [1.82, 2.24) is 0 Å². The highest BCUT2D eigenvalue weighted by Crippen LogP contribution is 2.24. The summed E-state index contributed by atoms with van der Waals surface area (Å²) in [6.07, 6.45) is 0. The number of nitrogen functional groups attached to an aromatic ring is 1. The fourth-order valence-electron chi connectivity index (χ4n) is 2.11. The van der Waals surface area contributed by atoms with Gasteiger partial charge in [0.05, 0.1) is 11.4 Å². The van der Waals surface area contributed by atoms with Crippen molar-refractivity contribution in [3.8, 4) is 0 Å². The average Bonchev–Trinajstić information content (AvgIpc) is 2.36. The van der Waals surface area contributed by atoms with Crippen molar-refractivity contribution in [2.24, 2.45) is 0 Å². The third-order valence-electron chi connectivity index (χ3n) is 3.07. The van der Waals surface area contributed by atoms with Crippen LogP contribution in [0.25, 0.3) is 0 Å². The highest BCUT2D eigenvalue weighted by Gasteiger charge is 2.10. The van der Waals surface area contributed by atoms with Crippen LogP contribution in [0.5, 0.6) is 0 Å². The Bertz CT molecular complexity index is 663. The van der Waals surface area contributed by atoms with Crippen LogP contribution in [-0.2, 0) is 0 Å². The smallest absolute Gasteiger partial charge is 0.255 e. The summed E-state index contributed by atoms with van der Waals surface area (Å²) >= 11 is 3.42. The van der Waals surface area contributed by atoms with E-state index in [4.69, 9.17) is 5.73 Å². The van der Waals surface area contributed by atoms with Crippen molar-refractivity contribution in [2.45, 2.75) is 6.92 Å². The molecule has 2 aromatic carbocycles. The van der Waals surface area contributed by atoms with Gasteiger partial charge in [-0.1, -0.05) is 15.9 Å². The van der Waals surface area contributed by atoms with Gasteiger partial charge in [-0.2, -0.15) is 0 Å². The average molecular weight is 348 g/mol. The number of amides is 1.